The molecule has 2 fully saturated rings. The summed E-state index contributed by atoms with van der Waals surface area (Å²) in [5.74, 6) is 0.830. The molecule has 2 rings (SSSR count). The summed E-state index contributed by atoms with van der Waals surface area (Å²) < 4.78 is 0. The fourth-order valence-electron chi connectivity index (χ4n) is 3.74. The zero-order valence-electron chi connectivity index (χ0n) is 13.1. The van der Waals surface area contributed by atoms with Crippen molar-refractivity contribution in [1.82, 2.24) is 16.0 Å². The molecule has 1 aliphatic heterocycles. The largest absolute Gasteiger partial charge is 0.353 e. The van der Waals surface area contributed by atoms with Crippen LogP contribution >= 0.6 is 0 Å². The molecule has 0 spiro atoms. The molecular weight excluding hydrogens is 250 g/mol. The summed E-state index contributed by atoms with van der Waals surface area (Å²) in [6, 6.07) is 1.40. The molecule has 1 saturated carbocycles. The molecule has 1 heterocycles. The third-order valence-electron chi connectivity index (χ3n) is 4.66. The van der Waals surface area contributed by atoms with Crippen molar-refractivity contribution in [2.75, 3.05) is 13.1 Å². The van der Waals surface area contributed by atoms with Crippen LogP contribution in [0.15, 0.2) is 0 Å². The maximum Gasteiger partial charge on any atom is 0.234 e. The van der Waals surface area contributed by atoms with Crippen molar-refractivity contribution in [3.05, 3.63) is 0 Å². The smallest absolute Gasteiger partial charge is 0.234 e. The predicted octanol–water partition coefficient (Wildman–Crippen LogP) is 1.80. The van der Waals surface area contributed by atoms with E-state index < -0.39 is 0 Å². The third-order valence-corrected chi connectivity index (χ3v) is 4.66. The van der Waals surface area contributed by atoms with Gasteiger partial charge in [0.2, 0.25) is 5.91 Å². The van der Waals surface area contributed by atoms with E-state index in [0.717, 1.165) is 0 Å². The van der Waals surface area contributed by atoms with Crippen molar-refractivity contribution in [3.63, 3.8) is 0 Å². The predicted molar refractivity (Wildman–Crippen MR) is 82.7 cm³/mol. The Labute approximate surface area is 123 Å². The molecule has 0 aromatic rings. The third kappa shape index (κ3) is 4.74. The number of carbonyl (C=O) groups is 1. The Morgan fingerprint density at radius 2 is 1.90 bits per heavy atom. The van der Waals surface area contributed by atoms with Crippen molar-refractivity contribution in [2.24, 2.45) is 5.92 Å². The highest BCUT2D eigenvalue weighted by molar-refractivity contribution is 5.78. The number of rotatable bonds is 5. The molecule has 0 radical (unpaired) electrons. The first-order chi connectivity index (χ1) is 9.66. The lowest BCUT2D eigenvalue weighted by molar-refractivity contribution is -0.121. The van der Waals surface area contributed by atoms with Crippen LogP contribution in [0.5, 0.6) is 0 Å². The van der Waals surface area contributed by atoms with Crippen molar-refractivity contribution in [2.45, 2.75) is 76.9 Å². The van der Waals surface area contributed by atoms with Gasteiger partial charge in [-0.2, -0.15) is 0 Å². The molecule has 0 aromatic carbocycles. The van der Waals surface area contributed by atoms with Crippen LogP contribution in [0.1, 0.15) is 58.8 Å². The van der Waals surface area contributed by atoms with Crippen molar-refractivity contribution < 1.29 is 4.79 Å². The van der Waals surface area contributed by atoms with Gasteiger partial charge in [-0.3, -0.25) is 4.79 Å². The van der Waals surface area contributed by atoms with Crippen LogP contribution in [-0.4, -0.2) is 37.1 Å². The van der Waals surface area contributed by atoms with E-state index in [0.29, 0.717) is 24.5 Å². The minimum atomic E-state index is 0.126. The lowest BCUT2D eigenvalue weighted by Gasteiger charge is -2.40. The average molecular weight is 281 g/mol. The fourth-order valence-corrected chi connectivity index (χ4v) is 3.74. The number of piperidine rings is 1. The summed E-state index contributed by atoms with van der Waals surface area (Å²) in [4.78, 5) is 11.8. The van der Waals surface area contributed by atoms with E-state index in [1.54, 1.807) is 0 Å². The maximum atomic E-state index is 11.8. The highest BCUT2D eigenvalue weighted by atomic mass is 16.1. The topological polar surface area (TPSA) is 53.2 Å². The van der Waals surface area contributed by atoms with Gasteiger partial charge in [-0.15, -0.1) is 0 Å². The van der Waals surface area contributed by atoms with Crippen LogP contribution in [0, 0.1) is 5.92 Å². The Morgan fingerprint density at radius 3 is 2.60 bits per heavy atom. The summed E-state index contributed by atoms with van der Waals surface area (Å²) in [5.41, 5.74) is 0. The standard InChI is InChI=1S/C16H31N3O/c1-12(2)19-16(20)11-18-15-8-4-3-7-13(15)14-9-5-6-10-17-14/h12-15,17-18H,3-11H2,1-2H3,(H,19,20). The number of nitrogens with one attached hydrogen (secondary N) is 3. The lowest BCUT2D eigenvalue weighted by atomic mass is 9.77. The Balaban J connectivity index is 1.81. The van der Waals surface area contributed by atoms with Crippen molar-refractivity contribution in [3.8, 4) is 0 Å². The van der Waals surface area contributed by atoms with Crippen LogP contribution in [-0.2, 0) is 4.79 Å². The Hall–Kier alpha value is -0.610. The maximum absolute atomic E-state index is 11.8. The normalized spacial score (nSPS) is 31.2. The van der Waals surface area contributed by atoms with Gasteiger partial charge in [-0.1, -0.05) is 19.3 Å². The van der Waals surface area contributed by atoms with E-state index >= 15 is 0 Å². The van der Waals surface area contributed by atoms with Crippen molar-refractivity contribution >= 4 is 5.91 Å². The van der Waals surface area contributed by atoms with Gasteiger partial charge in [0.15, 0.2) is 0 Å². The fraction of sp³-hybridized carbons (Fsp3) is 0.938. The highest BCUT2D eigenvalue weighted by Gasteiger charge is 2.32. The number of carbonyl (C=O) groups excluding carboxylic acids is 1. The first-order valence-corrected chi connectivity index (χ1v) is 8.43. The molecule has 116 valence electrons. The zero-order valence-corrected chi connectivity index (χ0v) is 13.1. The number of amides is 1. The molecule has 4 heteroatoms. The van der Waals surface area contributed by atoms with E-state index in [9.17, 15) is 4.79 Å². The van der Waals surface area contributed by atoms with E-state index in [2.05, 4.69) is 16.0 Å². The Morgan fingerprint density at radius 1 is 1.15 bits per heavy atom. The van der Waals surface area contributed by atoms with Crippen LogP contribution in [0.25, 0.3) is 0 Å². The van der Waals surface area contributed by atoms with Gasteiger partial charge in [0.25, 0.3) is 0 Å². The quantitative estimate of drug-likeness (QED) is 0.720. The lowest BCUT2D eigenvalue weighted by Crippen LogP contribution is -2.52. The van der Waals surface area contributed by atoms with Gasteiger partial charge in [-0.05, 0) is 52.0 Å². The van der Waals surface area contributed by atoms with Crippen LogP contribution in [0.4, 0.5) is 0 Å². The molecule has 0 aromatic heterocycles. The van der Waals surface area contributed by atoms with Crippen molar-refractivity contribution in [1.29, 1.82) is 0 Å². The summed E-state index contributed by atoms with van der Waals surface area (Å²) in [5, 5.41) is 10.2. The van der Waals surface area contributed by atoms with Gasteiger partial charge in [0, 0.05) is 18.1 Å². The second-order valence-electron chi connectivity index (χ2n) is 6.71. The molecule has 0 bridgehead atoms. The zero-order chi connectivity index (χ0) is 14.4. The highest BCUT2D eigenvalue weighted by Crippen LogP contribution is 2.30. The minimum Gasteiger partial charge on any atom is -0.353 e. The summed E-state index contributed by atoms with van der Waals surface area (Å²) in [6.45, 7) is 5.65. The van der Waals surface area contributed by atoms with Crippen LogP contribution in [0.2, 0.25) is 0 Å². The Bertz CT molecular complexity index is 300. The van der Waals surface area contributed by atoms with E-state index in [4.69, 9.17) is 0 Å². The molecule has 4 nitrogen and oxygen atoms in total. The van der Waals surface area contributed by atoms with Gasteiger partial charge in [0.05, 0.1) is 6.54 Å². The number of hydrogen-bond donors (Lipinski definition) is 3. The van der Waals surface area contributed by atoms with Gasteiger partial charge in [-0.25, -0.2) is 0 Å². The first-order valence-electron chi connectivity index (χ1n) is 8.43. The molecule has 1 amide bonds. The molecule has 3 atom stereocenters. The second-order valence-corrected chi connectivity index (χ2v) is 6.71. The molecule has 3 unspecified atom stereocenters. The molecule has 2 aliphatic rings. The second kappa shape index (κ2) is 7.99. The van der Waals surface area contributed by atoms with Gasteiger partial charge >= 0.3 is 0 Å². The summed E-state index contributed by atoms with van der Waals surface area (Å²) in [6.07, 6.45) is 9.15. The van der Waals surface area contributed by atoms with E-state index in [1.807, 2.05) is 13.8 Å². The summed E-state index contributed by atoms with van der Waals surface area (Å²) >= 11 is 0. The van der Waals surface area contributed by atoms with Gasteiger partial charge in [0.1, 0.15) is 0 Å². The average Bonchev–Trinajstić information content (AvgIpc) is 2.46. The van der Waals surface area contributed by atoms with Gasteiger partial charge < -0.3 is 16.0 Å². The summed E-state index contributed by atoms with van der Waals surface area (Å²) in [7, 11) is 0. The molecular formula is C16H31N3O. The first kappa shape index (κ1) is 15.8. The molecule has 3 N–H and O–H groups in total. The molecule has 1 saturated heterocycles. The monoisotopic (exact) mass is 281 g/mol. The Kier molecular flexibility index (Phi) is 6.30. The molecule has 20 heavy (non-hydrogen) atoms. The SMILES string of the molecule is CC(C)NC(=O)CNC1CCCCC1C1CCCCN1. The van der Waals surface area contributed by atoms with Crippen LogP contribution < -0.4 is 16.0 Å². The number of hydrogen-bond acceptors (Lipinski definition) is 3. The van der Waals surface area contributed by atoms with E-state index in [1.165, 1.54) is 51.5 Å². The van der Waals surface area contributed by atoms with E-state index in [-0.39, 0.29) is 11.9 Å². The van der Waals surface area contributed by atoms with Crippen LogP contribution in [0.3, 0.4) is 0 Å². The minimum absolute atomic E-state index is 0.126. The molecule has 1 aliphatic carbocycles.